The van der Waals surface area contributed by atoms with E-state index >= 15 is 0 Å². The highest BCUT2D eigenvalue weighted by Gasteiger charge is 2.24. The second kappa shape index (κ2) is 8.95. The smallest absolute Gasteiger partial charge is 0.307 e. The molecule has 0 saturated heterocycles. The van der Waals surface area contributed by atoms with Crippen molar-refractivity contribution in [3.05, 3.63) is 54.1 Å². The molecule has 1 aliphatic carbocycles. The van der Waals surface area contributed by atoms with Crippen LogP contribution in [0.1, 0.15) is 51.5 Å². The predicted molar refractivity (Wildman–Crippen MR) is 121 cm³/mol. The highest BCUT2D eigenvalue weighted by Crippen LogP contribution is 2.41. The number of hydrogen-bond donors (Lipinski definition) is 0. The Bertz CT molecular complexity index is 1030. The van der Waals surface area contributed by atoms with Crippen molar-refractivity contribution in [2.75, 3.05) is 13.2 Å². The van der Waals surface area contributed by atoms with Crippen LogP contribution < -0.4 is 4.74 Å². The van der Waals surface area contributed by atoms with Crippen molar-refractivity contribution in [3.8, 4) is 17.0 Å². The average molecular weight is 406 g/mol. The Morgan fingerprint density at radius 2 is 1.97 bits per heavy atom. The topological polar surface area (TPSA) is 40.5 Å². The molecule has 4 rings (SSSR count). The Kier molecular flexibility index (Phi) is 6.12. The number of carbonyl (C=O) groups is 1. The Morgan fingerprint density at radius 3 is 2.70 bits per heavy atom. The van der Waals surface area contributed by atoms with Gasteiger partial charge in [-0.15, -0.1) is 0 Å². The van der Waals surface area contributed by atoms with Crippen LogP contribution in [-0.2, 0) is 16.1 Å². The summed E-state index contributed by atoms with van der Waals surface area (Å²) < 4.78 is 13.3. The van der Waals surface area contributed by atoms with E-state index in [1.54, 1.807) is 0 Å². The van der Waals surface area contributed by atoms with Crippen molar-refractivity contribution in [3.63, 3.8) is 0 Å². The number of rotatable bonds is 9. The van der Waals surface area contributed by atoms with Gasteiger partial charge in [0.25, 0.3) is 0 Å². The van der Waals surface area contributed by atoms with Crippen LogP contribution in [-0.4, -0.2) is 23.8 Å². The molecule has 0 amide bonds. The van der Waals surface area contributed by atoms with E-state index in [-0.39, 0.29) is 5.97 Å². The summed E-state index contributed by atoms with van der Waals surface area (Å²) in [5, 5.41) is 1.23. The Hall–Kier alpha value is -2.75. The molecule has 4 heteroatoms. The molecule has 0 radical (unpaired) electrons. The Labute approximate surface area is 178 Å². The lowest BCUT2D eigenvalue weighted by atomic mass is 10.1. The zero-order valence-corrected chi connectivity index (χ0v) is 18.2. The lowest BCUT2D eigenvalue weighted by Gasteiger charge is -2.13. The first-order chi connectivity index (χ1) is 14.5. The van der Waals surface area contributed by atoms with E-state index < -0.39 is 0 Å². The SMILES string of the molecule is CCOC(=O)CCn1c(-c2cccc(OCC(C)C)c2)cc2cc(C3CC3)ccc21. The molecule has 3 aromatic rings. The molecule has 1 heterocycles. The molecule has 30 heavy (non-hydrogen) atoms. The quantitative estimate of drug-likeness (QED) is 0.400. The number of aryl methyl sites for hydroxylation is 1. The third-order valence-corrected chi connectivity index (χ3v) is 5.53. The molecule has 1 aromatic heterocycles. The number of carbonyl (C=O) groups excluding carboxylic acids is 1. The highest BCUT2D eigenvalue weighted by molar-refractivity contribution is 5.88. The van der Waals surface area contributed by atoms with Crippen molar-refractivity contribution in [2.45, 2.75) is 52.5 Å². The van der Waals surface area contributed by atoms with Crippen LogP contribution in [0, 0.1) is 5.92 Å². The van der Waals surface area contributed by atoms with Gasteiger partial charge >= 0.3 is 5.97 Å². The standard InChI is InChI=1S/C26H31NO3/c1-4-29-26(28)12-13-27-24-11-10-20(19-8-9-19)14-22(24)16-25(27)21-6-5-7-23(15-21)30-17-18(2)3/h5-7,10-11,14-16,18-19H,4,8-9,12-13,17H2,1-3H3. The van der Waals surface area contributed by atoms with Gasteiger partial charge in [0.2, 0.25) is 0 Å². The maximum Gasteiger partial charge on any atom is 0.307 e. The van der Waals surface area contributed by atoms with Crippen LogP contribution in [0.25, 0.3) is 22.2 Å². The number of benzene rings is 2. The fourth-order valence-electron chi connectivity index (χ4n) is 3.88. The van der Waals surface area contributed by atoms with Gasteiger partial charge in [-0.25, -0.2) is 0 Å². The number of hydrogen-bond acceptors (Lipinski definition) is 3. The molecule has 0 spiro atoms. The normalized spacial score (nSPS) is 13.7. The number of esters is 1. The first-order valence-corrected chi connectivity index (χ1v) is 11.1. The molecule has 0 unspecified atom stereocenters. The van der Waals surface area contributed by atoms with Crippen molar-refractivity contribution in [2.24, 2.45) is 5.92 Å². The Morgan fingerprint density at radius 1 is 1.13 bits per heavy atom. The summed E-state index contributed by atoms with van der Waals surface area (Å²) in [6.45, 7) is 7.84. The number of aromatic nitrogens is 1. The van der Waals surface area contributed by atoms with Gasteiger partial charge in [-0.2, -0.15) is 0 Å². The van der Waals surface area contributed by atoms with E-state index in [0.717, 1.165) is 22.5 Å². The van der Waals surface area contributed by atoms with E-state index in [0.29, 0.717) is 38.0 Å². The van der Waals surface area contributed by atoms with Crippen molar-refractivity contribution in [1.29, 1.82) is 0 Å². The molecule has 4 nitrogen and oxygen atoms in total. The fourth-order valence-corrected chi connectivity index (χ4v) is 3.88. The van der Waals surface area contributed by atoms with Gasteiger partial charge in [0.1, 0.15) is 5.75 Å². The minimum atomic E-state index is -0.158. The van der Waals surface area contributed by atoms with Crippen LogP contribution >= 0.6 is 0 Å². The van der Waals surface area contributed by atoms with E-state index in [2.05, 4.69) is 54.8 Å². The molecule has 1 saturated carbocycles. The van der Waals surface area contributed by atoms with E-state index in [1.165, 1.54) is 23.8 Å². The molecule has 1 fully saturated rings. The number of fused-ring (bicyclic) bond motifs is 1. The molecule has 0 atom stereocenters. The Balaban J connectivity index is 1.70. The van der Waals surface area contributed by atoms with Crippen LogP contribution in [0.5, 0.6) is 5.75 Å². The largest absolute Gasteiger partial charge is 0.493 e. The molecular weight excluding hydrogens is 374 g/mol. The van der Waals surface area contributed by atoms with Gasteiger partial charge in [-0.1, -0.05) is 32.0 Å². The van der Waals surface area contributed by atoms with Crippen LogP contribution in [0.3, 0.4) is 0 Å². The van der Waals surface area contributed by atoms with Crippen LogP contribution in [0.15, 0.2) is 48.5 Å². The van der Waals surface area contributed by atoms with Gasteiger partial charge in [0, 0.05) is 28.7 Å². The monoisotopic (exact) mass is 405 g/mol. The minimum absolute atomic E-state index is 0.158. The summed E-state index contributed by atoms with van der Waals surface area (Å²) in [5.74, 6) is 1.91. The van der Waals surface area contributed by atoms with Crippen molar-refractivity contribution < 1.29 is 14.3 Å². The minimum Gasteiger partial charge on any atom is -0.493 e. The first-order valence-electron chi connectivity index (χ1n) is 11.1. The highest BCUT2D eigenvalue weighted by atomic mass is 16.5. The molecular formula is C26H31NO3. The summed E-state index contributed by atoms with van der Waals surface area (Å²) in [6.07, 6.45) is 2.94. The third-order valence-electron chi connectivity index (χ3n) is 5.53. The van der Waals surface area contributed by atoms with E-state index in [4.69, 9.17) is 9.47 Å². The zero-order chi connectivity index (χ0) is 21.1. The third kappa shape index (κ3) is 4.69. The van der Waals surface area contributed by atoms with E-state index in [1.807, 2.05) is 19.1 Å². The summed E-state index contributed by atoms with van der Waals surface area (Å²) >= 11 is 0. The molecule has 158 valence electrons. The maximum absolute atomic E-state index is 12.0. The molecule has 1 aliphatic rings. The maximum atomic E-state index is 12.0. The van der Waals surface area contributed by atoms with Gasteiger partial charge in [-0.05, 0) is 67.5 Å². The van der Waals surface area contributed by atoms with Crippen LogP contribution in [0.2, 0.25) is 0 Å². The number of nitrogens with zero attached hydrogens (tertiary/aromatic N) is 1. The zero-order valence-electron chi connectivity index (χ0n) is 18.2. The summed E-state index contributed by atoms with van der Waals surface area (Å²) in [4.78, 5) is 12.0. The molecule has 0 aliphatic heterocycles. The van der Waals surface area contributed by atoms with Crippen LogP contribution in [0.4, 0.5) is 0 Å². The van der Waals surface area contributed by atoms with Gasteiger partial charge < -0.3 is 14.0 Å². The van der Waals surface area contributed by atoms with Gasteiger partial charge in [0.05, 0.1) is 19.6 Å². The van der Waals surface area contributed by atoms with Crippen molar-refractivity contribution >= 4 is 16.9 Å². The number of ether oxygens (including phenoxy) is 2. The molecule has 2 aromatic carbocycles. The molecule has 0 bridgehead atoms. The summed E-state index contributed by atoms with van der Waals surface area (Å²) in [7, 11) is 0. The molecule has 0 N–H and O–H groups in total. The second-order valence-corrected chi connectivity index (χ2v) is 8.56. The summed E-state index contributed by atoms with van der Waals surface area (Å²) in [5.41, 5.74) is 4.79. The van der Waals surface area contributed by atoms with Crippen molar-refractivity contribution in [1.82, 2.24) is 4.57 Å². The van der Waals surface area contributed by atoms with Gasteiger partial charge in [0.15, 0.2) is 0 Å². The lowest BCUT2D eigenvalue weighted by Crippen LogP contribution is -2.09. The van der Waals surface area contributed by atoms with E-state index in [9.17, 15) is 4.79 Å². The fraction of sp³-hybridized carbons (Fsp3) is 0.423. The average Bonchev–Trinajstić information content (AvgIpc) is 3.52. The summed E-state index contributed by atoms with van der Waals surface area (Å²) in [6, 6.07) is 17.3. The van der Waals surface area contributed by atoms with Gasteiger partial charge in [-0.3, -0.25) is 4.79 Å². The lowest BCUT2D eigenvalue weighted by molar-refractivity contribution is -0.143. The second-order valence-electron chi connectivity index (χ2n) is 8.56. The predicted octanol–water partition coefficient (Wildman–Crippen LogP) is 6.17. The first kappa shape index (κ1) is 20.5.